The lowest BCUT2D eigenvalue weighted by Crippen LogP contribution is -2.36. The van der Waals surface area contributed by atoms with E-state index in [0.29, 0.717) is 0 Å². The van der Waals surface area contributed by atoms with Crippen molar-refractivity contribution < 1.29 is 23.5 Å². The zero-order valence-corrected chi connectivity index (χ0v) is 22.2. The third-order valence-corrected chi connectivity index (χ3v) is 4.95. The number of halogens is 7. The average molecular weight is 597 g/mol. The number of esters is 2. The lowest BCUT2D eigenvalue weighted by atomic mass is 10.1. The molecule has 0 fully saturated rings. The van der Waals surface area contributed by atoms with E-state index >= 15 is 4.39 Å². The first-order valence-corrected chi connectivity index (χ1v) is 11.8. The zero-order valence-electron chi connectivity index (χ0n) is 17.6. The molecule has 34 heavy (non-hydrogen) atoms. The average Bonchev–Trinajstić information content (AvgIpc) is 2.72. The number of ether oxygens (including phenoxy) is 2. The van der Waals surface area contributed by atoms with Gasteiger partial charge in [-0.3, -0.25) is 9.59 Å². The number of nitrogens with zero attached hydrogens (tertiary/aromatic N) is 4. The van der Waals surface area contributed by atoms with Crippen molar-refractivity contribution in [2.75, 3.05) is 31.2 Å². The smallest absolute Gasteiger partial charge is 0.325 e. The highest BCUT2D eigenvalue weighted by atomic mass is 35.6. The molecule has 0 bridgehead atoms. The highest BCUT2D eigenvalue weighted by molar-refractivity contribution is 6.67. The van der Waals surface area contributed by atoms with E-state index in [-0.39, 0.29) is 41.9 Å². The third kappa shape index (κ3) is 8.10. The number of rotatable bonds is 8. The van der Waals surface area contributed by atoms with Crippen LogP contribution in [0.5, 0.6) is 0 Å². The molecule has 0 aliphatic rings. The first kappa shape index (κ1) is 28.9. The standard InChI is InChI=1S/C19H17Cl6FN4O4/c1-3-33-13(31)8-30(9-14(32)34-4-2)12-6-5-10(7-11(12)26)15-27-16(18(20,21)22)29-17(28-15)19(23,24)25/h5-7H,3-4,8-9H2,1-2H3. The van der Waals surface area contributed by atoms with Crippen molar-refractivity contribution in [1.82, 2.24) is 15.0 Å². The van der Waals surface area contributed by atoms with Crippen LogP contribution < -0.4 is 4.90 Å². The van der Waals surface area contributed by atoms with Crippen LogP contribution >= 0.6 is 69.6 Å². The van der Waals surface area contributed by atoms with E-state index in [2.05, 4.69) is 15.0 Å². The normalized spacial score (nSPS) is 11.8. The van der Waals surface area contributed by atoms with Crippen LogP contribution in [-0.4, -0.2) is 53.2 Å². The SMILES string of the molecule is CCOC(=O)CN(CC(=O)OCC)c1ccc(-c2nc(C(Cl)(Cl)Cl)nc(C(Cl)(Cl)Cl)n2)cc1F. The van der Waals surface area contributed by atoms with Crippen LogP contribution in [0.15, 0.2) is 18.2 Å². The maximum atomic E-state index is 15.2. The molecular weight excluding hydrogens is 580 g/mol. The van der Waals surface area contributed by atoms with E-state index in [9.17, 15) is 9.59 Å². The van der Waals surface area contributed by atoms with Gasteiger partial charge in [0.15, 0.2) is 17.5 Å². The Labute approximate surface area is 224 Å². The molecule has 2 aromatic rings. The largest absolute Gasteiger partial charge is 0.465 e. The number of anilines is 1. The first-order chi connectivity index (χ1) is 15.8. The molecule has 186 valence electrons. The van der Waals surface area contributed by atoms with E-state index in [4.69, 9.17) is 79.1 Å². The van der Waals surface area contributed by atoms with Crippen molar-refractivity contribution in [3.63, 3.8) is 0 Å². The second kappa shape index (κ2) is 12.1. The van der Waals surface area contributed by atoms with Crippen molar-refractivity contribution in [2.24, 2.45) is 0 Å². The van der Waals surface area contributed by atoms with E-state index in [0.717, 1.165) is 6.07 Å². The number of hydrogen-bond donors (Lipinski definition) is 0. The number of carbonyl (C=O) groups is 2. The summed E-state index contributed by atoms with van der Waals surface area (Å²) < 4.78 is 20.8. The molecule has 0 aliphatic heterocycles. The summed E-state index contributed by atoms with van der Waals surface area (Å²) in [7, 11) is 0. The molecule has 8 nitrogen and oxygen atoms in total. The van der Waals surface area contributed by atoms with Gasteiger partial charge in [-0.05, 0) is 32.0 Å². The molecule has 15 heteroatoms. The Morgan fingerprint density at radius 3 is 1.74 bits per heavy atom. The Bertz CT molecular complexity index is 996. The van der Waals surface area contributed by atoms with Gasteiger partial charge in [-0.2, -0.15) is 0 Å². The Hall–Kier alpha value is -1.36. The number of carbonyl (C=O) groups excluding carboxylic acids is 2. The van der Waals surface area contributed by atoms with Gasteiger partial charge in [0.05, 0.1) is 18.9 Å². The quantitative estimate of drug-likeness (QED) is 0.301. The molecule has 2 rings (SSSR count). The summed E-state index contributed by atoms with van der Waals surface area (Å²) in [6.45, 7) is 2.67. The summed E-state index contributed by atoms with van der Waals surface area (Å²) in [4.78, 5) is 37.1. The molecule has 0 saturated heterocycles. The fraction of sp³-hybridized carbons (Fsp3) is 0.421. The van der Waals surface area contributed by atoms with Gasteiger partial charge in [-0.15, -0.1) is 0 Å². The minimum atomic E-state index is -2.09. The fourth-order valence-corrected chi connectivity index (χ4v) is 3.12. The maximum absolute atomic E-state index is 15.2. The predicted octanol–water partition coefficient (Wildman–Crippen LogP) is 5.26. The van der Waals surface area contributed by atoms with Crippen molar-refractivity contribution in [3.8, 4) is 11.4 Å². The molecule has 0 unspecified atom stereocenters. The van der Waals surface area contributed by atoms with Gasteiger partial charge in [0.1, 0.15) is 18.9 Å². The minimum absolute atomic E-state index is 0.0814. The van der Waals surface area contributed by atoms with Crippen LogP contribution in [0, 0.1) is 5.82 Å². The lowest BCUT2D eigenvalue weighted by molar-refractivity contribution is -0.142. The molecule has 1 aromatic carbocycles. The Morgan fingerprint density at radius 1 is 0.882 bits per heavy atom. The van der Waals surface area contributed by atoms with Gasteiger partial charge in [0.2, 0.25) is 7.59 Å². The van der Waals surface area contributed by atoms with Crippen LogP contribution in [0.3, 0.4) is 0 Å². The molecule has 0 saturated carbocycles. The van der Waals surface area contributed by atoms with E-state index < -0.39 is 38.4 Å². The molecule has 0 aliphatic carbocycles. The Morgan fingerprint density at radius 2 is 1.35 bits per heavy atom. The summed E-state index contributed by atoms with van der Waals surface area (Å²) in [6.07, 6.45) is 0. The molecule has 0 N–H and O–H groups in total. The van der Waals surface area contributed by atoms with E-state index in [1.807, 2.05) is 0 Å². The van der Waals surface area contributed by atoms with Crippen molar-refractivity contribution >= 4 is 87.2 Å². The third-order valence-electron chi connectivity index (χ3n) is 3.94. The molecule has 0 amide bonds. The second-order valence-electron chi connectivity index (χ2n) is 6.43. The van der Waals surface area contributed by atoms with E-state index in [1.54, 1.807) is 13.8 Å². The molecule has 0 atom stereocenters. The summed E-state index contributed by atoms with van der Waals surface area (Å²) in [6, 6.07) is 3.75. The van der Waals surface area contributed by atoms with Gasteiger partial charge in [0.25, 0.3) is 0 Å². The molecular formula is C19H17Cl6FN4O4. The number of hydrogen-bond acceptors (Lipinski definition) is 8. The van der Waals surface area contributed by atoms with Crippen molar-refractivity contribution in [3.05, 3.63) is 35.7 Å². The topological polar surface area (TPSA) is 94.5 Å². The minimum Gasteiger partial charge on any atom is -0.465 e. The molecule has 1 aromatic heterocycles. The fourth-order valence-electron chi connectivity index (χ4n) is 2.61. The van der Waals surface area contributed by atoms with Crippen molar-refractivity contribution in [1.29, 1.82) is 0 Å². The summed E-state index contributed by atoms with van der Waals surface area (Å²) in [5.74, 6) is -2.98. The lowest BCUT2D eigenvalue weighted by Gasteiger charge is -2.23. The zero-order chi connectivity index (χ0) is 25.7. The first-order valence-electron chi connectivity index (χ1n) is 9.52. The van der Waals surface area contributed by atoms with Crippen molar-refractivity contribution in [2.45, 2.75) is 21.4 Å². The molecule has 1 heterocycles. The predicted molar refractivity (Wildman–Crippen MR) is 129 cm³/mol. The van der Waals surface area contributed by atoms with Gasteiger partial charge < -0.3 is 14.4 Å². The summed E-state index contributed by atoms with van der Waals surface area (Å²) >= 11 is 35.2. The van der Waals surface area contributed by atoms with Gasteiger partial charge in [-0.1, -0.05) is 69.6 Å². The molecule has 0 spiro atoms. The Balaban J connectivity index is 2.51. The van der Waals surface area contributed by atoms with Gasteiger partial charge in [-0.25, -0.2) is 19.3 Å². The number of alkyl halides is 6. The summed E-state index contributed by atoms with van der Waals surface area (Å²) in [5.41, 5.74) is 0.0315. The van der Waals surface area contributed by atoms with Crippen LogP contribution in [0.25, 0.3) is 11.4 Å². The Kier molecular flexibility index (Phi) is 10.2. The maximum Gasteiger partial charge on any atom is 0.325 e. The van der Waals surface area contributed by atoms with E-state index in [1.165, 1.54) is 17.0 Å². The highest BCUT2D eigenvalue weighted by Gasteiger charge is 2.34. The second-order valence-corrected chi connectivity index (χ2v) is 11.0. The van der Waals surface area contributed by atoms with Crippen LogP contribution in [0.2, 0.25) is 0 Å². The van der Waals surface area contributed by atoms with Crippen LogP contribution in [0.1, 0.15) is 25.5 Å². The van der Waals surface area contributed by atoms with Gasteiger partial charge >= 0.3 is 11.9 Å². The number of aromatic nitrogens is 3. The van der Waals surface area contributed by atoms with Crippen LogP contribution in [-0.2, 0) is 26.6 Å². The highest BCUT2D eigenvalue weighted by Crippen LogP contribution is 2.41. The molecule has 0 radical (unpaired) electrons. The van der Waals surface area contributed by atoms with Gasteiger partial charge in [0, 0.05) is 5.56 Å². The monoisotopic (exact) mass is 594 g/mol. The summed E-state index contributed by atoms with van der Waals surface area (Å²) in [5, 5.41) is 0. The van der Waals surface area contributed by atoms with Crippen LogP contribution in [0.4, 0.5) is 10.1 Å². The number of benzene rings is 1.